The van der Waals surface area contributed by atoms with Gasteiger partial charge in [-0.05, 0) is 42.0 Å². The molecule has 2 N–H and O–H groups in total. The van der Waals surface area contributed by atoms with Crippen molar-refractivity contribution in [2.45, 2.75) is 6.42 Å². The third-order valence-electron chi connectivity index (χ3n) is 3.85. The smallest absolute Gasteiger partial charge is 0.337 e. The first-order chi connectivity index (χ1) is 13.5. The fourth-order valence-electron chi connectivity index (χ4n) is 2.43. The Hall–Kier alpha value is -3.55. The molecular weight excluding hydrogens is 364 g/mol. The summed E-state index contributed by atoms with van der Waals surface area (Å²) in [4.78, 5) is 35.4. The maximum absolute atomic E-state index is 12.1. The van der Waals surface area contributed by atoms with E-state index in [4.69, 9.17) is 9.47 Å². The number of hydrogen-bond acceptors (Lipinski definition) is 6. The fourth-order valence-corrected chi connectivity index (χ4v) is 2.43. The zero-order chi connectivity index (χ0) is 20.5. The number of carbonyl (C=O) groups is 3. The topological polar surface area (TPSA) is 103 Å². The molecule has 148 valence electrons. The summed E-state index contributed by atoms with van der Waals surface area (Å²) in [5.41, 5.74) is 1.62. The van der Waals surface area contributed by atoms with E-state index >= 15 is 0 Å². The molecule has 0 aliphatic carbocycles. The normalized spacial score (nSPS) is 9.96. The number of esters is 1. The van der Waals surface area contributed by atoms with Crippen molar-refractivity contribution in [2.75, 3.05) is 33.2 Å². The standard InChI is InChI=1S/C20H22N2O6/c1-26-16-9-4-13(10-17(16)27-2)11-18(23)21-12-19(24)22-15-7-5-14(6-8-15)20(25)28-3/h4-10H,11-12H2,1-3H3,(H,21,23)(H,22,24). The molecule has 0 atom stereocenters. The van der Waals surface area contributed by atoms with Crippen molar-refractivity contribution in [1.82, 2.24) is 5.32 Å². The van der Waals surface area contributed by atoms with Crippen LogP contribution in [0.1, 0.15) is 15.9 Å². The van der Waals surface area contributed by atoms with E-state index in [1.54, 1.807) is 30.3 Å². The van der Waals surface area contributed by atoms with Gasteiger partial charge in [-0.3, -0.25) is 9.59 Å². The van der Waals surface area contributed by atoms with Gasteiger partial charge >= 0.3 is 5.97 Å². The highest BCUT2D eigenvalue weighted by atomic mass is 16.5. The Morgan fingerprint density at radius 2 is 1.54 bits per heavy atom. The largest absolute Gasteiger partial charge is 0.493 e. The SMILES string of the molecule is COC(=O)c1ccc(NC(=O)CNC(=O)Cc2ccc(OC)c(OC)c2)cc1. The Balaban J connectivity index is 1.83. The Kier molecular flexibility index (Phi) is 7.38. The van der Waals surface area contributed by atoms with Gasteiger partial charge in [0.25, 0.3) is 0 Å². The van der Waals surface area contributed by atoms with E-state index in [-0.39, 0.29) is 24.8 Å². The van der Waals surface area contributed by atoms with Gasteiger partial charge in [-0.25, -0.2) is 4.79 Å². The Bertz CT molecular complexity index is 848. The van der Waals surface area contributed by atoms with Crippen molar-refractivity contribution in [2.24, 2.45) is 0 Å². The van der Waals surface area contributed by atoms with Crippen LogP contribution in [-0.2, 0) is 20.7 Å². The predicted molar refractivity (Wildman–Crippen MR) is 103 cm³/mol. The number of ether oxygens (including phenoxy) is 3. The molecule has 0 unspecified atom stereocenters. The molecule has 0 bridgehead atoms. The van der Waals surface area contributed by atoms with Crippen LogP contribution in [0.5, 0.6) is 11.5 Å². The predicted octanol–water partition coefficient (Wildman–Crippen LogP) is 1.79. The third kappa shape index (κ3) is 5.73. The van der Waals surface area contributed by atoms with E-state index in [0.29, 0.717) is 22.7 Å². The number of anilines is 1. The first kappa shape index (κ1) is 20.8. The van der Waals surface area contributed by atoms with Gasteiger partial charge in [0.05, 0.1) is 39.9 Å². The molecule has 2 amide bonds. The van der Waals surface area contributed by atoms with Crippen molar-refractivity contribution in [1.29, 1.82) is 0 Å². The quantitative estimate of drug-likeness (QED) is 0.671. The number of benzene rings is 2. The number of rotatable bonds is 8. The van der Waals surface area contributed by atoms with Gasteiger partial charge in [0.2, 0.25) is 11.8 Å². The van der Waals surface area contributed by atoms with E-state index in [0.717, 1.165) is 5.56 Å². The van der Waals surface area contributed by atoms with Crippen LogP contribution < -0.4 is 20.1 Å². The minimum Gasteiger partial charge on any atom is -0.493 e. The highest BCUT2D eigenvalue weighted by Gasteiger charge is 2.10. The van der Waals surface area contributed by atoms with Crippen LogP contribution in [0.3, 0.4) is 0 Å². The fraction of sp³-hybridized carbons (Fsp3) is 0.250. The number of amides is 2. The van der Waals surface area contributed by atoms with E-state index in [2.05, 4.69) is 15.4 Å². The average Bonchev–Trinajstić information content (AvgIpc) is 2.72. The number of hydrogen-bond donors (Lipinski definition) is 2. The molecule has 0 fully saturated rings. The molecule has 0 heterocycles. The zero-order valence-corrected chi connectivity index (χ0v) is 15.9. The lowest BCUT2D eigenvalue weighted by molar-refractivity contribution is -0.123. The van der Waals surface area contributed by atoms with E-state index in [9.17, 15) is 14.4 Å². The molecule has 0 aliphatic heterocycles. The summed E-state index contributed by atoms with van der Waals surface area (Å²) in [6.45, 7) is -0.176. The Labute approximate surface area is 162 Å². The van der Waals surface area contributed by atoms with Crippen molar-refractivity contribution < 1.29 is 28.6 Å². The molecule has 2 aromatic carbocycles. The second-order valence-corrected chi connectivity index (χ2v) is 5.76. The molecule has 0 aromatic heterocycles. The second kappa shape index (κ2) is 9.96. The molecule has 2 rings (SSSR count). The Morgan fingerprint density at radius 3 is 2.14 bits per heavy atom. The van der Waals surface area contributed by atoms with Crippen molar-refractivity contribution in [3.63, 3.8) is 0 Å². The maximum Gasteiger partial charge on any atom is 0.337 e. The van der Waals surface area contributed by atoms with Crippen LogP contribution in [0.25, 0.3) is 0 Å². The van der Waals surface area contributed by atoms with Gasteiger partial charge in [-0.1, -0.05) is 6.07 Å². The number of methoxy groups -OCH3 is 3. The second-order valence-electron chi connectivity index (χ2n) is 5.76. The Morgan fingerprint density at radius 1 is 0.857 bits per heavy atom. The molecular formula is C20H22N2O6. The third-order valence-corrected chi connectivity index (χ3v) is 3.85. The molecule has 8 nitrogen and oxygen atoms in total. The first-order valence-electron chi connectivity index (χ1n) is 8.42. The van der Waals surface area contributed by atoms with Gasteiger partial charge in [-0.15, -0.1) is 0 Å². The first-order valence-corrected chi connectivity index (χ1v) is 8.42. The van der Waals surface area contributed by atoms with Gasteiger partial charge in [0, 0.05) is 5.69 Å². The molecule has 0 saturated carbocycles. The van der Waals surface area contributed by atoms with Crippen molar-refractivity contribution in [3.05, 3.63) is 53.6 Å². The van der Waals surface area contributed by atoms with E-state index in [1.807, 2.05) is 0 Å². The summed E-state index contributed by atoms with van der Waals surface area (Å²) < 4.78 is 15.0. The number of carbonyl (C=O) groups excluding carboxylic acids is 3. The minimum atomic E-state index is -0.458. The summed E-state index contributed by atoms with van der Waals surface area (Å²) >= 11 is 0. The van der Waals surface area contributed by atoms with Crippen LogP contribution >= 0.6 is 0 Å². The van der Waals surface area contributed by atoms with Crippen LogP contribution in [0.2, 0.25) is 0 Å². The number of nitrogens with one attached hydrogen (secondary N) is 2. The monoisotopic (exact) mass is 386 g/mol. The summed E-state index contributed by atoms with van der Waals surface area (Å²) in [6, 6.07) is 11.4. The summed E-state index contributed by atoms with van der Waals surface area (Å²) in [5, 5.41) is 5.20. The lowest BCUT2D eigenvalue weighted by atomic mass is 10.1. The van der Waals surface area contributed by atoms with Gasteiger partial charge in [0.1, 0.15) is 0 Å². The molecule has 0 saturated heterocycles. The highest BCUT2D eigenvalue weighted by molar-refractivity contribution is 5.95. The average molecular weight is 386 g/mol. The summed E-state index contributed by atoms with van der Waals surface area (Å²) in [6.07, 6.45) is 0.0987. The summed E-state index contributed by atoms with van der Waals surface area (Å²) in [7, 11) is 4.35. The van der Waals surface area contributed by atoms with E-state index < -0.39 is 5.97 Å². The molecule has 0 radical (unpaired) electrons. The minimum absolute atomic E-state index is 0.0987. The lowest BCUT2D eigenvalue weighted by Crippen LogP contribution is -2.33. The van der Waals surface area contributed by atoms with Crippen LogP contribution in [0, 0.1) is 0 Å². The molecule has 8 heteroatoms. The molecule has 0 aliphatic rings. The van der Waals surface area contributed by atoms with E-state index in [1.165, 1.54) is 33.5 Å². The molecule has 2 aromatic rings. The highest BCUT2D eigenvalue weighted by Crippen LogP contribution is 2.27. The molecule has 28 heavy (non-hydrogen) atoms. The van der Waals surface area contributed by atoms with Crippen LogP contribution in [0.4, 0.5) is 5.69 Å². The zero-order valence-electron chi connectivity index (χ0n) is 15.9. The maximum atomic E-state index is 12.1. The van der Waals surface area contributed by atoms with Gasteiger partial charge in [0.15, 0.2) is 11.5 Å². The lowest BCUT2D eigenvalue weighted by Gasteiger charge is -2.10. The van der Waals surface area contributed by atoms with Gasteiger partial charge in [-0.2, -0.15) is 0 Å². The van der Waals surface area contributed by atoms with Crippen LogP contribution in [0.15, 0.2) is 42.5 Å². The van der Waals surface area contributed by atoms with Crippen molar-refractivity contribution >= 4 is 23.5 Å². The van der Waals surface area contributed by atoms with Crippen LogP contribution in [-0.4, -0.2) is 45.7 Å². The van der Waals surface area contributed by atoms with Gasteiger partial charge < -0.3 is 24.8 Å². The van der Waals surface area contributed by atoms with Crippen molar-refractivity contribution in [3.8, 4) is 11.5 Å². The summed E-state index contributed by atoms with van der Waals surface area (Å²) in [5.74, 6) is -0.0413. The molecule has 0 spiro atoms.